The Morgan fingerprint density at radius 3 is 2.77 bits per heavy atom. The van der Waals surface area contributed by atoms with Gasteiger partial charge in [-0.2, -0.15) is 0 Å². The maximum atomic E-state index is 12.9. The molecule has 138 valence electrons. The Bertz CT molecular complexity index is 799. The molecule has 1 aromatic carbocycles. The Morgan fingerprint density at radius 1 is 1.35 bits per heavy atom. The lowest BCUT2D eigenvalue weighted by atomic mass is 9.96. The third-order valence-corrected chi connectivity index (χ3v) is 5.21. The number of carbonyl (C=O) groups is 2. The van der Waals surface area contributed by atoms with Crippen LogP contribution >= 0.6 is 0 Å². The molecule has 1 aliphatic heterocycles. The maximum absolute atomic E-state index is 12.9. The van der Waals surface area contributed by atoms with Crippen molar-refractivity contribution >= 4 is 11.8 Å². The predicted molar refractivity (Wildman–Crippen MR) is 99.5 cm³/mol. The first kappa shape index (κ1) is 18.2. The zero-order chi connectivity index (χ0) is 18.7. The average molecular weight is 354 g/mol. The molecule has 0 spiro atoms. The van der Waals surface area contributed by atoms with Crippen LogP contribution in [0.15, 0.2) is 36.7 Å². The number of imidazole rings is 1. The first-order valence-corrected chi connectivity index (χ1v) is 9.17. The van der Waals surface area contributed by atoms with Gasteiger partial charge in [-0.25, -0.2) is 4.98 Å². The minimum Gasteiger partial charge on any atom is -0.353 e. The Morgan fingerprint density at radius 2 is 2.12 bits per heavy atom. The summed E-state index contributed by atoms with van der Waals surface area (Å²) in [5.41, 5.74) is 1.70. The molecule has 0 aliphatic carbocycles. The summed E-state index contributed by atoms with van der Waals surface area (Å²) in [6.45, 7) is 7.69. The second kappa shape index (κ2) is 7.72. The fraction of sp³-hybridized carbons (Fsp3) is 0.450. The van der Waals surface area contributed by atoms with Gasteiger partial charge in [0.15, 0.2) is 0 Å². The summed E-state index contributed by atoms with van der Waals surface area (Å²) < 4.78 is 2.00. The normalized spacial score (nSPS) is 15.7. The molecule has 1 aromatic heterocycles. The number of benzene rings is 1. The van der Waals surface area contributed by atoms with E-state index in [9.17, 15) is 9.59 Å². The molecule has 0 saturated heterocycles. The number of amides is 2. The molecule has 0 saturated carbocycles. The zero-order valence-electron chi connectivity index (χ0n) is 15.6. The standard InChI is InChI=1S/C20H26N4O2/c1-4-14(2)18(19(25)22-10-12-23-11-9-21-15(23)3)24-13-16-7-5-6-8-17(16)20(24)26/h5-9,11,14,18H,4,10,12-13H2,1-3H3,(H,22,25)/t14-,18+/m1/s1. The molecule has 1 aliphatic rings. The van der Waals surface area contributed by atoms with Gasteiger partial charge in [-0.05, 0) is 24.5 Å². The summed E-state index contributed by atoms with van der Waals surface area (Å²) in [6, 6.07) is 7.14. The highest BCUT2D eigenvalue weighted by Gasteiger charge is 2.38. The van der Waals surface area contributed by atoms with Gasteiger partial charge in [0.25, 0.3) is 5.91 Å². The fourth-order valence-electron chi connectivity index (χ4n) is 3.48. The highest BCUT2D eigenvalue weighted by atomic mass is 16.2. The minimum atomic E-state index is -0.455. The van der Waals surface area contributed by atoms with Gasteiger partial charge < -0.3 is 14.8 Å². The fourth-order valence-corrected chi connectivity index (χ4v) is 3.48. The van der Waals surface area contributed by atoms with E-state index < -0.39 is 6.04 Å². The summed E-state index contributed by atoms with van der Waals surface area (Å²) in [5, 5.41) is 3.01. The Balaban J connectivity index is 1.69. The van der Waals surface area contributed by atoms with E-state index in [2.05, 4.69) is 10.3 Å². The van der Waals surface area contributed by atoms with E-state index in [4.69, 9.17) is 0 Å². The van der Waals surface area contributed by atoms with E-state index in [1.165, 1.54) is 0 Å². The molecule has 2 heterocycles. The highest BCUT2D eigenvalue weighted by molar-refractivity contribution is 6.01. The van der Waals surface area contributed by atoms with Crippen molar-refractivity contribution in [3.8, 4) is 0 Å². The number of hydrogen-bond donors (Lipinski definition) is 1. The predicted octanol–water partition coefficient (Wildman–Crippen LogP) is 2.38. The minimum absolute atomic E-state index is 0.0495. The van der Waals surface area contributed by atoms with Gasteiger partial charge >= 0.3 is 0 Å². The molecule has 6 nitrogen and oxygen atoms in total. The third-order valence-electron chi connectivity index (χ3n) is 5.21. The molecule has 26 heavy (non-hydrogen) atoms. The van der Waals surface area contributed by atoms with Crippen LogP contribution in [0.1, 0.15) is 42.0 Å². The van der Waals surface area contributed by atoms with Crippen molar-refractivity contribution in [2.75, 3.05) is 6.54 Å². The van der Waals surface area contributed by atoms with Crippen LogP contribution in [0.25, 0.3) is 0 Å². The smallest absolute Gasteiger partial charge is 0.255 e. The molecule has 1 N–H and O–H groups in total. The monoisotopic (exact) mass is 354 g/mol. The quantitative estimate of drug-likeness (QED) is 0.830. The number of hydrogen-bond acceptors (Lipinski definition) is 3. The SMILES string of the molecule is CC[C@@H](C)[C@@H](C(=O)NCCn1ccnc1C)N1Cc2ccccc2C1=O. The van der Waals surface area contributed by atoms with Crippen LogP contribution in [0.2, 0.25) is 0 Å². The Labute approximate surface area is 154 Å². The van der Waals surface area contributed by atoms with Gasteiger partial charge in [-0.15, -0.1) is 0 Å². The van der Waals surface area contributed by atoms with Crippen LogP contribution in [0, 0.1) is 12.8 Å². The van der Waals surface area contributed by atoms with Crippen LogP contribution in [0.5, 0.6) is 0 Å². The topological polar surface area (TPSA) is 67.2 Å². The van der Waals surface area contributed by atoms with Gasteiger partial charge in [0.1, 0.15) is 11.9 Å². The lowest BCUT2D eigenvalue weighted by Crippen LogP contribution is -2.51. The summed E-state index contributed by atoms with van der Waals surface area (Å²) in [5.74, 6) is 0.871. The molecular formula is C20H26N4O2. The van der Waals surface area contributed by atoms with E-state index in [0.717, 1.165) is 17.8 Å². The molecule has 0 bridgehead atoms. The number of fused-ring (bicyclic) bond motifs is 1. The summed E-state index contributed by atoms with van der Waals surface area (Å²) in [6.07, 6.45) is 4.48. The third kappa shape index (κ3) is 3.49. The van der Waals surface area contributed by atoms with Crippen LogP contribution in [-0.4, -0.2) is 38.9 Å². The lowest BCUT2D eigenvalue weighted by Gasteiger charge is -2.31. The van der Waals surface area contributed by atoms with Gasteiger partial charge in [0.2, 0.25) is 5.91 Å². The number of nitrogens with zero attached hydrogens (tertiary/aromatic N) is 3. The van der Waals surface area contributed by atoms with Crippen molar-refractivity contribution in [2.45, 2.75) is 46.3 Å². The highest BCUT2D eigenvalue weighted by Crippen LogP contribution is 2.28. The summed E-state index contributed by atoms with van der Waals surface area (Å²) in [7, 11) is 0. The Kier molecular flexibility index (Phi) is 5.40. The Hall–Kier alpha value is -2.63. The molecule has 0 fully saturated rings. The molecular weight excluding hydrogens is 328 g/mol. The maximum Gasteiger partial charge on any atom is 0.255 e. The average Bonchev–Trinajstić information content (AvgIpc) is 3.19. The van der Waals surface area contributed by atoms with E-state index in [-0.39, 0.29) is 17.7 Å². The van der Waals surface area contributed by atoms with Crippen molar-refractivity contribution in [3.63, 3.8) is 0 Å². The van der Waals surface area contributed by atoms with E-state index in [1.807, 2.05) is 55.8 Å². The number of rotatable bonds is 7. The van der Waals surface area contributed by atoms with Gasteiger partial charge in [0.05, 0.1) is 0 Å². The van der Waals surface area contributed by atoms with Gasteiger partial charge in [0, 0.05) is 37.6 Å². The van der Waals surface area contributed by atoms with Gasteiger partial charge in [-0.1, -0.05) is 38.5 Å². The first-order chi connectivity index (χ1) is 12.5. The molecule has 0 unspecified atom stereocenters. The number of nitrogens with one attached hydrogen (secondary N) is 1. The lowest BCUT2D eigenvalue weighted by molar-refractivity contribution is -0.127. The summed E-state index contributed by atoms with van der Waals surface area (Å²) in [4.78, 5) is 31.6. The summed E-state index contributed by atoms with van der Waals surface area (Å²) >= 11 is 0. The zero-order valence-corrected chi connectivity index (χ0v) is 15.6. The largest absolute Gasteiger partial charge is 0.353 e. The van der Waals surface area contributed by atoms with Crippen molar-refractivity contribution in [2.24, 2.45) is 5.92 Å². The van der Waals surface area contributed by atoms with Crippen LogP contribution in [-0.2, 0) is 17.9 Å². The first-order valence-electron chi connectivity index (χ1n) is 9.17. The molecule has 2 amide bonds. The van der Waals surface area contributed by atoms with Gasteiger partial charge in [-0.3, -0.25) is 9.59 Å². The van der Waals surface area contributed by atoms with Crippen LogP contribution in [0.4, 0.5) is 0 Å². The van der Waals surface area contributed by atoms with Crippen molar-refractivity contribution in [1.82, 2.24) is 19.8 Å². The number of carbonyl (C=O) groups excluding carboxylic acids is 2. The molecule has 2 aromatic rings. The molecule has 6 heteroatoms. The van der Waals surface area contributed by atoms with Crippen molar-refractivity contribution in [1.29, 1.82) is 0 Å². The van der Waals surface area contributed by atoms with E-state index in [0.29, 0.717) is 25.2 Å². The number of aryl methyl sites for hydroxylation is 1. The molecule has 2 atom stereocenters. The molecule has 3 rings (SSSR count). The van der Waals surface area contributed by atoms with Crippen LogP contribution in [0.3, 0.4) is 0 Å². The van der Waals surface area contributed by atoms with Crippen molar-refractivity contribution in [3.05, 3.63) is 53.6 Å². The second-order valence-corrected chi connectivity index (χ2v) is 6.88. The van der Waals surface area contributed by atoms with E-state index in [1.54, 1.807) is 11.1 Å². The van der Waals surface area contributed by atoms with E-state index >= 15 is 0 Å². The second-order valence-electron chi connectivity index (χ2n) is 6.88. The number of aromatic nitrogens is 2. The van der Waals surface area contributed by atoms with Crippen LogP contribution < -0.4 is 5.32 Å². The van der Waals surface area contributed by atoms with Crippen molar-refractivity contribution < 1.29 is 9.59 Å². The molecule has 0 radical (unpaired) electrons.